The van der Waals surface area contributed by atoms with Crippen molar-refractivity contribution >= 4 is 23.4 Å². The van der Waals surface area contributed by atoms with Gasteiger partial charge < -0.3 is 20.3 Å². The largest absolute Gasteiger partial charge is 0.444 e. The van der Waals surface area contributed by atoms with Gasteiger partial charge in [0.1, 0.15) is 23.6 Å². The Labute approximate surface area is 206 Å². The molecule has 180 valence electrons. The van der Waals surface area contributed by atoms with Crippen molar-refractivity contribution in [1.82, 2.24) is 14.9 Å². The summed E-state index contributed by atoms with van der Waals surface area (Å²) in [6.07, 6.45) is 5.08. The van der Waals surface area contributed by atoms with Gasteiger partial charge in [-0.3, -0.25) is 0 Å². The van der Waals surface area contributed by atoms with Crippen LogP contribution in [0.5, 0.6) is 0 Å². The molecule has 0 radical (unpaired) electrons. The summed E-state index contributed by atoms with van der Waals surface area (Å²) in [4.78, 5) is 23.2. The molecule has 2 aliphatic rings. The molecule has 0 saturated heterocycles. The first-order valence-corrected chi connectivity index (χ1v) is 12.1. The van der Waals surface area contributed by atoms with Gasteiger partial charge in [-0.1, -0.05) is 48.5 Å². The third-order valence-electron chi connectivity index (χ3n) is 6.24. The number of hydrogen-bond acceptors (Lipinski definition) is 6. The van der Waals surface area contributed by atoms with E-state index in [1.165, 1.54) is 11.1 Å². The second kappa shape index (κ2) is 9.41. The number of fused-ring (bicyclic) bond motifs is 1. The Morgan fingerprint density at radius 2 is 1.89 bits per heavy atom. The van der Waals surface area contributed by atoms with Crippen LogP contribution in [0.4, 0.5) is 22.1 Å². The normalized spacial score (nSPS) is 17.3. The fraction of sp³-hybridized carbons (Fsp3) is 0.321. The standard InChI is InChI=1S/C28H31N5O2/c1-28(2,3)35-27(34)33-14-12-20(13-15-33)24-17-23-25(29-18-30-26(23)32-24)31-22-11-7-10-21(16-22)19-8-5-4-6-9-19/h4-12,16,18,24H,13-15,17H2,1-3H3,(H2,29,30,31,32). The fourth-order valence-corrected chi connectivity index (χ4v) is 4.52. The van der Waals surface area contributed by atoms with Crippen LogP contribution in [0, 0.1) is 0 Å². The van der Waals surface area contributed by atoms with Gasteiger partial charge in [-0.05, 0) is 56.0 Å². The minimum Gasteiger partial charge on any atom is -0.444 e. The lowest BCUT2D eigenvalue weighted by Crippen LogP contribution is -2.40. The summed E-state index contributed by atoms with van der Waals surface area (Å²) in [7, 11) is 0. The highest BCUT2D eigenvalue weighted by Gasteiger charge is 2.31. The number of aromatic nitrogens is 2. The van der Waals surface area contributed by atoms with E-state index < -0.39 is 5.60 Å². The van der Waals surface area contributed by atoms with Gasteiger partial charge >= 0.3 is 6.09 Å². The molecule has 1 atom stereocenters. The summed E-state index contributed by atoms with van der Waals surface area (Å²) in [6, 6.07) is 18.8. The SMILES string of the molecule is CC(C)(C)OC(=O)N1CC=C(C2Cc3c(Nc4cccc(-c5ccccc5)c4)ncnc3N2)CC1. The molecule has 1 unspecified atom stereocenters. The number of carbonyl (C=O) groups excluding carboxylic acids is 1. The number of amides is 1. The zero-order valence-corrected chi connectivity index (χ0v) is 20.4. The molecule has 0 aliphatic carbocycles. The van der Waals surface area contributed by atoms with Crippen molar-refractivity contribution < 1.29 is 9.53 Å². The zero-order valence-electron chi connectivity index (χ0n) is 20.4. The van der Waals surface area contributed by atoms with Crippen LogP contribution in [0.2, 0.25) is 0 Å². The predicted octanol–water partition coefficient (Wildman–Crippen LogP) is 5.79. The lowest BCUT2D eigenvalue weighted by molar-refractivity contribution is 0.0265. The van der Waals surface area contributed by atoms with Crippen molar-refractivity contribution in [2.24, 2.45) is 0 Å². The minimum atomic E-state index is -0.488. The van der Waals surface area contributed by atoms with Crippen LogP contribution < -0.4 is 10.6 Å². The molecule has 0 bridgehead atoms. The lowest BCUT2D eigenvalue weighted by atomic mass is 9.97. The number of hydrogen-bond donors (Lipinski definition) is 2. The molecule has 1 amide bonds. The molecule has 7 heteroatoms. The first-order chi connectivity index (χ1) is 16.9. The third-order valence-corrected chi connectivity index (χ3v) is 6.24. The van der Waals surface area contributed by atoms with Gasteiger partial charge in [-0.25, -0.2) is 14.8 Å². The number of rotatable bonds is 4. The van der Waals surface area contributed by atoms with Gasteiger partial charge in [0.15, 0.2) is 0 Å². The van der Waals surface area contributed by atoms with E-state index in [0.717, 1.165) is 41.3 Å². The summed E-state index contributed by atoms with van der Waals surface area (Å²) in [5, 5.41) is 7.06. The van der Waals surface area contributed by atoms with Gasteiger partial charge in [0.25, 0.3) is 0 Å². The van der Waals surface area contributed by atoms with E-state index in [0.29, 0.717) is 13.1 Å². The Morgan fingerprint density at radius 3 is 2.63 bits per heavy atom. The molecule has 0 spiro atoms. The van der Waals surface area contributed by atoms with Crippen LogP contribution in [0.25, 0.3) is 11.1 Å². The van der Waals surface area contributed by atoms with Gasteiger partial charge in [-0.2, -0.15) is 0 Å². The van der Waals surface area contributed by atoms with Crippen LogP contribution in [0.1, 0.15) is 32.8 Å². The Balaban J connectivity index is 1.28. The third kappa shape index (κ3) is 5.29. The maximum atomic E-state index is 12.4. The molecule has 0 saturated carbocycles. The van der Waals surface area contributed by atoms with Crippen molar-refractivity contribution in [2.75, 3.05) is 23.7 Å². The highest BCUT2D eigenvalue weighted by atomic mass is 16.6. The molecule has 2 aliphatic heterocycles. The molecule has 2 N–H and O–H groups in total. The number of nitrogens with zero attached hydrogens (tertiary/aromatic N) is 3. The van der Waals surface area contributed by atoms with Gasteiger partial charge in [0, 0.05) is 30.8 Å². The van der Waals surface area contributed by atoms with Crippen molar-refractivity contribution in [3.05, 3.63) is 78.1 Å². The Kier molecular flexibility index (Phi) is 6.16. The topological polar surface area (TPSA) is 79.4 Å². The molecular formula is C28H31N5O2. The summed E-state index contributed by atoms with van der Waals surface area (Å²) >= 11 is 0. The summed E-state index contributed by atoms with van der Waals surface area (Å²) < 4.78 is 5.51. The van der Waals surface area contributed by atoms with E-state index in [4.69, 9.17) is 4.74 Å². The molecule has 7 nitrogen and oxygen atoms in total. The quantitative estimate of drug-likeness (QED) is 0.471. The fourth-order valence-electron chi connectivity index (χ4n) is 4.52. The molecule has 3 aromatic rings. The van der Waals surface area contributed by atoms with E-state index in [1.54, 1.807) is 11.2 Å². The molecule has 35 heavy (non-hydrogen) atoms. The van der Waals surface area contributed by atoms with Crippen molar-refractivity contribution in [3.63, 3.8) is 0 Å². The van der Waals surface area contributed by atoms with Crippen molar-refractivity contribution in [3.8, 4) is 11.1 Å². The van der Waals surface area contributed by atoms with Crippen LogP contribution in [0.3, 0.4) is 0 Å². The smallest absolute Gasteiger partial charge is 0.410 e. The first kappa shape index (κ1) is 22.9. The monoisotopic (exact) mass is 469 g/mol. The van der Waals surface area contributed by atoms with E-state index in [-0.39, 0.29) is 12.1 Å². The summed E-state index contributed by atoms with van der Waals surface area (Å²) in [6.45, 7) is 6.88. The van der Waals surface area contributed by atoms with Gasteiger partial charge in [0.05, 0.1) is 6.04 Å². The average molecular weight is 470 g/mol. The Morgan fingerprint density at radius 1 is 1.09 bits per heavy atom. The lowest BCUT2D eigenvalue weighted by Gasteiger charge is -2.31. The average Bonchev–Trinajstić information content (AvgIpc) is 3.29. The van der Waals surface area contributed by atoms with E-state index in [2.05, 4.69) is 63.1 Å². The maximum absolute atomic E-state index is 12.4. The summed E-state index contributed by atoms with van der Waals surface area (Å²) in [5.41, 5.74) is 5.20. The van der Waals surface area contributed by atoms with Gasteiger partial charge in [0.2, 0.25) is 0 Å². The van der Waals surface area contributed by atoms with Gasteiger partial charge in [-0.15, -0.1) is 0 Å². The predicted molar refractivity (Wildman–Crippen MR) is 139 cm³/mol. The van der Waals surface area contributed by atoms with E-state index >= 15 is 0 Å². The number of carbonyl (C=O) groups is 1. The second-order valence-electron chi connectivity index (χ2n) is 9.98. The number of anilines is 3. The van der Waals surface area contributed by atoms with E-state index in [1.807, 2.05) is 39.0 Å². The zero-order chi connectivity index (χ0) is 24.4. The van der Waals surface area contributed by atoms with Crippen LogP contribution in [-0.2, 0) is 11.2 Å². The van der Waals surface area contributed by atoms with E-state index in [9.17, 15) is 4.79 Å². The Hall–Kier alpha value is -3.87. The minimum absolute atomic E-state index is 0.152. The maximum Gasteiger partial charge on any atom is 0.410 e. The highest BCUT2D eigenvalue weighted by Crippen LogP contribution is 2.34. The molecule has 5 rings (SSSR count). The molecule has 3 heterocycles. The first-order valence-electron chi connectivity index (χ1n) is 12.1. The van der Waals surface area contributed by atoms with Crippen molar-refractivity contribution in [2.45, 2.75) is 45.3 Å². The van der Waals surface area contributed by atoms with Crippen LogP contribution in [-0.4, -0.2) is 45.7 Å². The van der Waals surface area contributed by atoms with Crippen molar-refractivity contribution in [1.29, 1.82) is 0 Å². The number of ether oxygens (including phenoxy) is 1. The number of nitrogens with one attached hydrogen (secondary N) is 2. The molecule has 0 fully saturated rings. The molecule has 2 aromatic carbocycles. The molecule has 1 aromatic heterocycles. The van der Waals surface area contributed by atoms with Crippen LogP contribution in [0.15, 0.2) is 72.6 Å². The second-order valence-corrected chi connectivity index (χ2v) is 9.98. The highest BCUT2D eigenvalue weighted by molar-refractivity contribution is 5.73. The molecular weight excluding hydrogens is 438 g/mol. The number of benzene rings is 2. The van der Waals surface area contributed by atoms with Crippen LogP contribution >= 0.6 is 0 Å². The Bertz CT molecular complexity index is 1250. The summed E-state index contributed by atoms with van der Waals surface area (Å²) in [5.74, 6) is 1.68.